The second-order valence-electron chi connectivity index (χ2n) is 9.72. The number of hydrogen-bond acceptors (Lipinski definition) is 4. The Morgan fingerprint density at radius 2 is 1.94 bits per heavy atom. The van der Waals surface area contributed by atoms with Crippen LogP contribution in [0.15, 0.2) is 42.5 Å². The van der Waals surface area contributed by atoms with Gasteiger partial charge in [-0.3, -0.25) is 4.79 Å². The number of halogens is 1. The summed E-state index contributed by atoms with van der Waals surface area (Å²) in [4.78, 5) is 18.1. The van der Waals surface area contributed by atoms with Crippen LogP contribution in [-0.2, 0) is 6.54 Å². The van der Waals surface area contributed by atoms with Crippen molar-refractivity contribution in [2.75, 3.05) is 31.1 Å². The maximum absolute atomic E-state index is 13.4. The predicted octanol–water partition coefficient (Wildman–Crippen LogP) is 4.34. The molecule has 1 amide bonds. The van der Waals surface area contributed by atoms with E-state index in [0.29, 0.717) is 22.3 Å². The van der Waals surface area contributed by atoms with Gasteiger partial charge in [0.2, 0.25) is 0 Å². The first-order chi connectivity index (χ1) is 14.9. The molecule has 0 aromatic heterocycles. The average molecular weight is 440 g/mol. The molecular formula is C25H30ClN3O2. The van der Waals surface area contributed by atoms with E-state index in [1.165, 1.54) is 5.56 Å². The fourth-order valence-corrected chi connectivity index (χ4v) is 5.48. The third-order valence-electron chi connectivity index (χ3n) is 6.76. The molecule has 3 saturated heterocycles. The molecule has 0 saturated carbocycles. The van der Waals surface area contributed by atoms with Crippen LogP contribution in [-0.4, -0.2) is 48.6 Å². The van der Waals surface area contributed by atoms with Crippen LogP contribution in [0.3, 0.4) is 0 Å². The second-order valence-corrected chi connectivity index (χ2v) is 10.2. The summed E-state index contributed by atoms with van der Waals surface area (Å²) in [6, 6.07) is 14.2. The maximum Gasteiger partial charge on any atom is 0.255 e. The monoisotopic (exact) mass is 439 g/mol. The third-order valence-corrected chi connectivity index (χ3v) is 6.98. The third kappa shape index (κ3) is 4.26. The molecule has 1 atom stereocenters. The number of carbonyl (C=O) groups excluding carboxylic acids is 1. The fourth-order valence-electron chi connectivity index (χ4n) is 5.26. The quantitative estimate of drug-likeness (QED) is 0.769. The Labute approximate surface area is 189 Å². The molecule has 0 spiro atoms. The molecule has 31 heavy (non-hydrogen) atoms. The Bertz CT molecular complexity index is 970. The van der Waals surface area contributed by atoms with Gasteiger partial charge in [-0.05, 0) is 63.4 Å². The molecule has 4 heterocycles. The number of benzene rings is 2. The van der Waals surface area contributed by atoms with Crippen LogP contribution in [0.4, 0.5) is 5.69 Å². The van der Waals surface area contributed by atoms with E-state index in [-0.39, 0.29) is 11.9 Å². The zero-order chi connectivity index (χ0) is 21.6. The summed E-state index contributed by atoms with van der Waals surface area (Å²) in [6.45, 7) is 8.82. The van der Waals surface area contributed by atoms with Crippen LogP contribution in [0.2, 0.25) is 5.02 Å². The number of anilines is 1. The van der Waals surface area contributed by atoms with Crippen molar-refractivity contribution in [2.24, 2.45) is 5.92 Å². The minimum Gasteiger partial charge on any atom is -0.483 e. The molecular weight excluding hydrogens is 410 g/mol. The van der Waals surface area contributed by atoms with Crippen LogP contribution < -0.4 is 15.0 Å². The first-order valence-corrected chi connectivity index (χ1v) is 11.6. The first-order valence-electron chi connectivity index (χ1n) is 11.2. The molecule has 4 aliphatic rings. The summed E-state index contributed by atoms with van der Waals surface area (Å²) in [7, 11) is 0. The number of carbonyl (C=O) groups is 1. The van der Waals surface area contributed by atoms with Gasteiger partial charge in [-0.15, -0.1) is 0 Å². The van der Waals surface area contributed by atoms with Crippen molar-refractivity contribution in [3.8, 4) is 5.75 Å². The van der Waals surface area contributed by atoms with E-state index >= 15 is 0 Å². The highest BCUT2D eigenvalue weighted by Gasteiger charge is 2.38. The molecule has 1 N–H and O–H groups in total. The Balaban J connectivity index is 1.46. The molecule has 164 valence electrons. The number of hydrogen-bond donors (Lipinski definition) is 1. The Hall–Kier alpha value is -2.24. The number of nitrogens with one attached hydrogen (secondary N) is 1. The van der Waals surface area contributed by atoms with Crippen LogP contribution >= 0.6 is 11.6 Å². The van der Waals surface area contributed by atoms with Gasteiger partial charge < -0.3 is 19.9 Å². The lowest BCUT2D eigenvalue weighted by Crippen LogP contribution is -2.57. The van der Waals surface area contributed by atoms with E-state index in [4.69, 9.17) is 16.3 Å². The number of ether oxygens (including phenoxy) is 1. The molecule has 0 radical (unpaired) electrons. The highest BCUT2D eigenvalue weighted by molar-refractivity contribution is 6.31. The maximum atomic E-state index is 13.4. The summed E-state index contributed by atoms with van der Waals surface area (Å²) in [6.07, 6.45) is 2.32. The Morgan fingerprint density at radius 1 is 1.19 bits per heavy atom. The highest BCUT2D eigenvalue weighted by atomic mass is 35.5. The number of nitrogens with zero attached hydrogens (tertiary/aromatic N) is 2. The standard InChI is InChI=1S/C25H30ClN3O2/c1-25(2)16-29(14-17-6-4-3-5-7-17)22-13-19(26)12-20(23(22)31-25)24(30)27-21-15-28-10-8-18(21)9-11-28/h3-7,12-13,18,21H,8-11,14-16H2,1-2H3,(H,27,30). The zero-order valence-corrected chi connectivity index (χ0v) is 19.0. The van der Waals surface area contributed by atoms with Gasteiger partial charge in [0.15, 0.2) is 5.75 Å². The average Bonchev–Trinajstić information content (AvgIpc) is 2.75. The number of fused-ring (bicyclic) bond motifs is 4. The molecule has 6 heteroatoms. The van der Waals surface area contributed by atoms with Gasteiger partial charge in [-0.2, -0.15) is 0 Å². The van der Waals surface area contributed by atoms with E-state index < -0.39 is 5.60 Å². The van der Waals surface area contributed by atoms with Crippen molar-refractivity contribution < 1.29 is 9.53 Å². The van der Waals surface area contributed by atoms with E-state index in [2.05, 4.69) is 41.1 Å². The summed E-state index contributed by atoms with van der Waals surface area (Å²) >= 11 is 6.50. The van der Waals surface area contributed by atoms with Gasteiger partial charge in [0.25, 0.3) is 5.91 Å². The molecule has 5 nitrogen and oxygen atoms in total. The van der Waals surface area contributed by atoms with Crippen LogP contribution in [0.1, 0.15) is 42.6 Å². The minimum atomic E-state index is -0.416. The van der Waals surface area contributed by atoms with E-state index in [0.717, 1.165) is 51.3 Å². The van der Waals surface area contributed by atoms with Crippen LogP contribution in [0, 0.1) is 5.92 Å². The molecule has 2 bridgehead atoms. The van der Waals surface area contributed by atoms with Gasteiger partial charge >= 0.3 is 0 Å². The molecule has 4 aliphatic heterocycles. The first kappa shape index (κ1) is 20.7. The molecule has 2 aromatic rings. The van der Waals surface area contributed by atoms with Crippen molar-refractivity contribution in [1.29, 1.82) is 0 Å². The summed E-state index contributed by atoms with van der Waals surface area (Å²) in [5, 5.41) is 3.85. The lowest BCUT2D eigenvalue weighted by atomic mass is 9.84. The van der Waals surface area contributed by atoms with Gasteiger partial charge in [0.05, 0.1) is 17.8 Å². The van der Waals surface area contributed by atoms with Gasteiger partial charge in [0, 0.05) is 24.2 Å². The van der Waals surface area contributed by atoms with Crippen molar-refractivity contribution >= 4 is 23.2 Å². The summed E-state index contributed by atoms with van der Waals surface area (Å²) in [5.74, 6) is 1.11. The highest BCUT2D eigenvalue weighted by Crippen LogP contribution is 2.42. The Kier molecular flexibility index (Phi) is 5.35. The number of piperidine rings is 3. The van der Waals surface area contributed by atoms with Gasteiger partial charge in [0.1, 0.15) is 5.60 Å². The van der Waals surface area contributed by atoms with Crippen molar-refractivity contribution in [3.05, 3.63) is 58.6 Å². The van der Waals surface area contributed by atoms with E-state index in [9.17, 15) is 4.79 Å². The molecule has 0 aliphatic carbocycles. The van der Waals surface area contributed by atoms with Crippen molar-refractivity contribution in [1.82, 2.24) is 10.2 Å². The topological polar surface area (TPSA) is 44.8 Å². The van der Waals surface area contributed by atoms with Gasteiger partial charge in [-0.1, -0.05) is 41.9 Å². The smallest absolute Gasteiger partial charge is 0.255 e. The molecule has 3 fully saturated rings. The summed E-state index contributed by atoms with van der Waals surface area (Å²) in [5.41, 5.74) is 2.21. The lowest BCUT2D eigenvalue weighted by Gasteiger charge is -2.45. The second kappa shape index (κ2) is 8.03. The molecule has 6 rings (SSSR count). The van der Waals surface area contributed by atoms with E-state index in [1.54, 1.807) is 6.07 Å². The molecule has 2 aromatic carbocycles. The van der Waals surface area contributed by atoms with Gasteiger partial charge in [-0.25, -0.2) is 0 Å². The normalized spacial score (nSPS) is 26.2. The fraction of sp³-hybridized carbons (Fsp3) is 0.480. The largest absolute Gasteiger partial charge is 0.483 e. The number of amides is 1. The zero-order valence-electron chi connectivity index (χ0n) is 18.2. The van der Waals surface area contributed by atoms with Crippen molar-refractivity contribution in [2.45, 2.75) is 44.9 Å². The molecule has 1 unspecified atom stereocenters. The number of rotatable bonds is 4. The predicted molar refractivity (Wildman–Crippen MR) is 124 cm³/mol. The Morgan fingerprint density at radius 3 is 2.61 bits per heavy atom. The SMILES string of the molecule is CC1(C)CN(Cc2ccccc2)c2cc(Cl)cc(C(=O)NC3CN4CCC3CC4)c2O1. The van der Waals surface area contributed by atoms with Crippen molar-refractivity contribution in [3.63, 3.8) is 0 Å². The van der Waals surface area contributed by atoms with Crippen LogP contribution in [0.5, 0.6) is 5.75 Å². The minimum absolute atomic E-state index is 0.0881. The van der Waals surface area contributed by atoms with E-state index in [1.807, 2.05) is 24.3 Å². The lowest BCUT2D eigenvalue weighted by molar-refractivity contribution is 0.0610. The van der Waals surface area contributed by atoms with Crippen LogP contribution in [0.25, 0.3) is 0 Å². The summed E-state index contributed by atoms with van der Waals surface area (Å²) < 4.78 is 6.37.